The van der Waals surface area contributed by atoms with Gasteiger partial charge in [0.25, 0.3) is 0 Å². The number of carbonyl (C=O) groups excluding carboxylic acids is 1. The van der Waals surface area contributed by atoms with Crippen molar-refractivity contribution in [2.75, 3.05) is 6.54 Å². The third-order valence-electron chi connectivity index (χ3n) is 4.13. The number of rotatable bonds is 6. The average molecular weight is 351 g/mol. The number of nitrogens with zero attached hydrogens (tertiary/aromatic N) is 2. The van der Waals surface area contributed by atoms with Gasteiger partial charge in [-0.15, -0.1) is 12.4 Å². The first-order valence-electron chi connectivity index (χ1n) is 7.93. The lowest BCUT2D eigenvalue weighted by molar-refractivity contribution is -0.132. The highest BCUT2D eigenvalue weighted by molar-refractivity contribution is 5.85. The fourth-order valence-electron chi connectivity index (χ4n) is 2.82. The molecule has 7 heteroatoms. The molecule has 2 heterocycles. The molecule has 2 atom stereocenters. The quantitative estimate of drug-likeness (QED) is 0.826. The molecule has 1 aliphatic rings. The van der Waals surface area contributed by atoms with E-state index in [1.54, 1.807) is 6.20 Å². The number of amides is 1. The van der Waals surface area contributed by atoms with Gasteiger partial charge in [-0.3, -0.25) is 9.48 Å². The van der Waals surface area contributed by atoms with Crippen LogP contribution in [0.1, 0.15) is 24.0 Å². The van der Waals surface area contributed by atoms with Gasteiger partial charge in [0.05, 0.1) is 12.6 Å². The molecular formula is C17H23ClN4O2. The molecule has 1 aliphatic heterocycles. The van der Waals surface area contributed by atoms with Crippen molar-refractivity contribution in [1.82, 2.24) is 15.1 Å². The molecule has 3 N–H and O–H groups in total. The first-order chi connectivity index (χ1) is 11.3. The van der Waals surface area contributed by atoms with E-state index in [4.69, 9.17) is 10.5 Å². The second-order valence-electron chi connectivity index (χ2n) is 5.75. The summed E-state index contributed by atoms with van der Waals surface area (Å²) in [5.74, 6) is -0.0603. The summed E-state index contributed by atoms with van der Waals surface area (Å²) < 4.78 is 7.49. The molecular weight excluding hydrogens is 328 g/mol. The molecule has 24 heavy (non-hydrogen) atoms. The lowest BCUT2D eigenvalue weighted by Gasteiger charge is -2.14. The Morgan fingerprint density at radius 1 is 1.29 bits per heavy atom. The minimum Gasteiger partial charge on any atom is -0.364 e. The molecule has 0 saturated carbocycles. The van der Waals surface area contributed by atoms with Crippen LogP contribution in [0.5, 0.6) is 0 Å². The molecule has 1 aromatic heterocycles. The van der Waals surface area contributed by atoms with Gasteiger partial charge < -0.3 is 15.8 Å². The predicted molar refractivity (Wildman–Crippen MR) is 93.8 cm³/mol. The smallest absolute Gasteiger partial charge is 0.249 e. The van der Waals surface area contributed by atoms with E-state index in [1.807, 2.05) is 35.1 Å². The Balaban J connectivity index is 0.00000208. The number of hydrogen-bond donors (Lipinski definition) is 2. The number of aromatic nitrogens is 2. The van der Waals surface area contributed by atoms with Crippen LogP contribution < -0.4 is 11.1 Å². The molecule has 0 radical (unpaired) electrons. The van der Waals surface area contributed by atoms with E-state index in [-0.39, 0.29) is 30.5 Å². The standard InChI is InChI=1S/C17H22N4O2.ClH/c18-10-15-6-7-16(23-15)17(22)19-11-13-4-1-2-5-14(13)12-21-9-3-8-20-21;/h1-5,8-9,15-16H,6-7,10-12,18H2,(H,19,22);1H/t15-,16+;/m1./s1. The zero-order valence-corrected chi connectivity index (χ0v) is 14.2. The number of nitrogens with two attached hydrogens (primary N) is 1. The van der Waals surface area contributed by atoms with Crippen LogP contribution in [0.2, 0.25) is 0 Å². The van der Waals surface area contributed by atoms with Gasteiger partial charge in [0, 0.05) is 25.5 Å². The van der Waals surface area contributed by atoms with Crippen LogP contribution in [0, 0.1) is 0 Å². The van der Waals surface area contributed by atoms with Crippen LogP contribution in [-0.2, 0) is 22.6 Å². The van der Waals surface area contributed by atoms with Crippen molar-refractivity contribution < 1.29 is 9.53 Å². The normalized spacial score (nSPS) is 19.7. The van der Waals surface area contributed by atoms with Crippen LogP contribution in [-0.4, -0.2) is 34.4 Å². The Kier molecular flexibility index (Phi) is 6.78. The molecule has 0 unspecified atom stereocenters. The van der Waals surface area contributed by atoms with Crippen LogP contribution in [0.4, 0.5) is 0 Å². The summed E-state index contributed by atoms with van der Waals surface area (Å²) >= 11 is 0. The van der Waals surface area contributed by atoms with Crippen molar-refractivity contribution in [3.8, 4) is 0 Å². The van der Waals surface area contributed by atoms with Crippen molar-refractivity contribution in [3.63, 3.8) is 0 Å². The zero-order chi connectivity index (χ0) is 16.1. The molecule has 0 aliphatic carbocycles. The summed E-state index contributed by atoms with van der Waals surface area (Å²) in [7, 11) is 0. The van der Waals surface area contributed by atoms with E-state index in [1.165, 1.54) is 0 Å². The summed E-state index contributed by atoms with van der Waals surface area (Å²) in [6.07, 6.45) is 4.91. The highest BCUT2D eigenvalue weighted by Crippen LogP contribution is 2.19. The Labute approximate surface area is 147 Å². The largest absolute Gasteiger partial charge is 0.364 e. The van der Waals surface area contributed by atoms with Crippen LogP contribution >= 0.6 is 12.4 Å². The van der Waals surface area contributed by atoms with Crippen molar-refractivity contribution >= 4 is 18.3 Å². The lowest BCUT2D eigenvalue weighted by atomic mass is 10.1. The second-order valence-corrected chi connectivity index (χ2v) is 5.75. The van der Waals surface area contributed by atoms with E-state index in [2.05, 4.69) is 16.5 Å². The fraction of sp³-hybridized carbons (Fsp3) is 0.412. The average Bonchev–Trinajstić information content (AvgIpc) is 3.25. The lowest BCUT2D eigenvalue weighted by Crippen LogP contribution is -2.35. The highest BCUT2D eigenvalue weighted by Gasteiger charge is 2.29. The maximum atomic E-state index is 12.2. The van der Waals surface area contributed by atoms with Crippen molar-refractivity contribution in [2.24, 2.45) is 5.73 Å². The number of halogens is 1. The first-order valence-corrected chi connectivity index (χ1v) is 7.93. The molecule has 130 valence electrons. The van der Waals surface area contributed by atoms with E-state index in [9.17, 15) is 4.79 Å². The number of ether oxygens (including phenoxy) is 1. The van der Waals surface area contributed by atoms with Gasteiger partial charge in [-0.25, -0.2) is 0 Å². The fourth-order valence-corrected chi connectivity index (χ4v) is 2.82. The van der Waals surface area contributed by atoms with E-state index in [0.29, 0.717) is 19.6 Å². The molecule has 1 fully saturated rings. The number of nitrogens with one attached hydrogen (secondary N) is 1. The summed E-state index contributed by atoms with van der Waals surface area (Å²) in [5.41, 5.74) is 7.81. The maximum absolute atomic E-state index is 12.2. The SMILES string of the molecule is Cl.NC[C@H]1CC[C@@H](C(=O)NCc2ccccc2Cn2cccn2)O1. The highest BCUT2D eigenvalue weighted by atomic mass is 35.5. The van der Waals surface area contributed by atoms with Crippen molar-refractivity contribution in [1.29, 1.82) is 0 Å². The van der Waals surface area contributed by atoms with Gasteiger partial charge in [-0.05, 0) is 30.0 Å². The van der Waals surface area contributed by atoms with Crippen LogP contribution in [0.15, 0.2) is 42.7 Å². The minimum absolute atomic E-state index is 0. The monoisotopic (exact) mass is 350 g/mol. The third-order valence-corrected chi connectivity index (χ3v) is 4.13. The molecule has 0 bridgehead atoms. The third kappa shape index (κ3) is 4.56. The Hall–Kier alpha value is -1.89. The van der Waals surface area contributed by atoms with Crippen LogP contribution in [0.25, 0.3) is 0 Å². The molecule has 3 rings (SSSR count). The van der Waals surface area contributed by atoms with Gasteiger partial charge in [0.2, 0.25) is 5.91 Å². The van der Waals surface area contributed by atoms with Gasteiger partial charge >= 0.3 is 0 Å². The minimum atomic E-state index is -0.373. The molecule has 6 nitrogen and oxygen atoms in total. The van der Waals surface area contributed by atoms with Crippen molar-refractivity contribution in [3.05, 3.63) is 53.9 Å². The predicted octanol–water partition coefficient (Wildman–Crippen LogP) is 1.48. The number of hydrogen-bond acceptors (Lipinski definition) is 4. The van der Waals surface area contributed by atoms with Crippen LogP contribution in [0.3, 0.4) is 0 Å². The topological polar surface area (TPSA) is 82.2 Å². The van der Waals surface area contributed by atoms with E-state index in [0.717, 1.165) is 24.0 Å². The summed E-state index contributed by atoms with van der Waals surface area (Å²) in [6, 6.07) is 9.95. The van der Waals surface area contributed by atoms with E-state index >= 15 is 0 Å². The molecule has 2 aromatic rings. The Bertz CT molecular complexity index is 648. The molecule has 1 amide bonds. The summed E-state index contributed by atoms with van der Waals surface area (Å²) in [4.78, 5) is 12.2. The van der Waals surface area contributed by atoms with Gasteiger partial charge in [-0.2, -0.15) is 5.10 Å². The Morgan fingerprint density at radius 3 is 2.75 bits per heavy atom. The van der Waals surface area contributed by atoms with E-state index < -0.39 is 0 Å². The first kappa shape index (κ1) is 18.4. The second kappa shape index (κ2) is 8.82. The zero-order valence-electron chi connectivity index (χ0n) is 13.4. The van der Waals surface area contributed by atoms with Crippen molar-refractivity contribution in [2.45, 2.75) is 38.1 Å². The number of benzene rings is 1. The molecule has 0 spiro atoms. The van der Waals surface area contributed by atoms with Gasteiger partial charge in [0.1, 0.15) is 6.10 Å². The maximum Gasteiger partial charge on any atom is 0.249 e. The summed E-state index contributed by atoms with van der Waals surface area (Å²) in [6.45, 7) is 1.65. The number of carbonyl (C=O) groups is 1. The van der Waals surface area contributed by atoms with Gasteiger partial charge in [-0.1, -0.05) is 24.3 Å². The Morgan fingerprint density at radius 2 is 2.08 bits per heavy atom. The molecule has 1 aromatic carbocycles. The van der Waals surface area contributed by atoms with Gasteiger partial charge in [0.15, 0.2) is 0 Å². The molecule has 1 saturated heterocycles. The summed E-state index contributed by atoms with van der Waals surface area (Å²) in [5, 5.41) is 7.20.